The van der Waals surface area contributed by atoms with E-state index in [0.717, 1.165) is 17.7 Å². The number of allylic oxidation sites excluding steroid dienone is 1. The van der Waals surface area contributed by atoms with Gasteiger partial charge >= 0.3 is 0 Å². The van der Waals surface area contributed by atoms with Crippen molar-refractivity contribution >= 4 is 11.9 Å². The fourth-order valence-electron chi connectivity index (χ4n) is 2.53. The van der Waals surface area contributed by atoms with Gasteiger partial charge in [0.15, 0.2) is 17.4 Å². The zero-order valence-corrected chi connectivity index (χ0v) is 16.3. The Hall–Kier alpha value is -2.29. The average molecular weight is 356 g/mol. The number of halogens is 2. The van der Waals surface area contributed by atoms with E-state index in [9.17, 15) is 13.6 Å². The highest BCUT2D eigenvalue weighted by Gasteiger charge is 2.20. The molecule has 26 heavy (non-hydrogen) atoms. The van der Waals surface area contributed by atoms with E-state index >= 15 is 0 Å². The Morgan fingerprint density at radius 1 is 0.808 bits per heavy atom. The van der Waals surface area contributed by atoms with Gasteiger partial charge < -0.3 is 0 Å². The summed E-state index contributed by atoms with van der Waals surface area (Å²) in [7, 11) is 0. The molecular formula is C23H26F2O. The molecule has 0 amide bonds. The summed E-state index contributed by atoms with van der Waals surface area (Å²) >= 11 is 0. The molecule has 2 aromatic carbocycles. The third kappa shape index (κ3) is 4.87. The van der Waals surface area contributed by atoms with E-state index < -0.39 is 11.6 Å². The van der Waals surface area contributed by atoms with Crippen LogP contribution in [0.3, 0.4) is 0 Å². The fraction of sp³-hybridized carbons (Fsp3) is 0.348. The molecule has 1 nitrogen and oxygen atoms in total. The van der Waals surface area contributed by atoms with Crippen LogP contribution in [0.15, 0.2) is 42.5 Å². The molecule has 138 valence electrons. The molecule has 0 saturated carbocycles. The van der Waals surface area contributed by atoms with E-state index in [1.54, 1.807) is 6.08 Å². The molecule has 0 spiro atoms. The average Bonchev–Trinajstić information content (AvgIpc) is 2.53. The molecule has 0 heterocycles. The van der Waals surface area contributed by atoms with Crippen LogP contribution in [-0.2, 0) is 10.8 Å². The van der Waals surface area contributed by atoms with Gasteiger partial charge in [0, 0.05) is 5.56 Å². The van der Waals surface area contributed by atoms with E-state index in [0.29, 0.717) is 0 Å². The van der Waals surface area contributed by atoms with Crippen LogP contribution < -0.4 is 0 Å². The standard InChI is InChI=1S/C23H26F2O/c1-22(2,3)17-11-15(12-18(14-17)23(4,5)6)7-10-21(26)16-8-9-19(24)20(25)13-16/h7-14H,1-6H3. The first kappa shape index (κ1) is 20.0. The second-order valence-corrected chi connectivity index (χ2v) is 8.67. The smallest absolute Gasteiger partial charge is 0.185 e. The van der Waals surface area contributed by atoms with Gasteiger partial charge in [-0.05, 0) is 51.8 Å². The monoisotopic (exact) mass is 356 g/mol. The fourth-order valence-corrected chi connectivity index (χ4v) is 2.53. The molecule has 2 aromatic rings. The normalized spacial score (nSPS) is 12.6. The lowest BCUT2D eigenvalue weighted by molar-refractivity contribution is 0.104. The van der Waals surface area contributed by atoms with Crippen molar-refractivity contribution in [3.8, 4) is 0 Å². The van der Waals surface area contributed by atoms with E-state index in [2.05, 4.69) is 59.7 Å². The summed E-state index contributed by atoms with van der Waals surface area (Å²) in [5, 5.41) is 0. The molecule has 0 radical (unpaired) electrons. The number of ketones is 1. The van der Waals surface area contributed by atoms with Crippen LogP contribution in [0.4, 0.5) is 8.78 Å². The zero-order valence-electron chi connectivity index (χ0n) is 16.3. The van der Waals surface area contributed by atoms with Crippen molar-refractivity contribution in [2.75, 3.05) is 0 Å². The SMILES string of the molecule is CC(C)(C)c1cc(C=CC(=O)c2ccc(F)c(F)c2)cc(C(C)(C)C)c1. The van der Waals surface area contributed by atoms with Crippen molar-refractivity contribution in [3.05, 3.63) is 76.4 Å². The van der Waals surface area contributed by atoms with Gasteiger partial charge in [0.25, 0.3) is 0 Å². The zero-order chi connectivity index (χ0) is 19.7. The minimum absolute atomic E-state index is 0.0199. The summed E-state index contributed by atoms with van der Waals surface area (Å²) in [6.07, 6.45) is 3.13. The molecule has 0 aliphatic rings. The first-order chi connectivity index (χ1) is 11.9. The van der Waals surface area contributed by atoms with Crippen molar-refractivity contribution in [2.24, 2.45) is 0 Å². The van der Waals surface area contributed by atoms with Gasteiger partial charge in [0.05, 0.1) is 0 Å². The number of carbonyl (C=O) groups is 1. The molecule has 0 fully saturated rings. The lowest BCUT2D eigenvalue weighted by Crippen LogP contribution is -2.16. The Balaban J connectivity index is 2.39. The lowest BCUT2D eigenvalue weighted by Gasteiger charge is -2.25. The predicted molar refractivity (Wildman–Crippen MR) is 104 cm³/mol. The largest absolute Gasteiger partial charge is 0.289 e. The quantitative estimate of drug-likeness (QED) is 0.456. The van der Waals surface area contributed by atoms with Crippen molar-refractivity contribution in [3.63, 3.8) is 0 Å². The third-order valence-corrected chi connectivity index (χ3v) is 4.32. The van der Waals surface area contributed by atoms with Gasteiger partial charge in [-0.1, -0.05) is 65.8 Å². The molecule has 2 rings (SSSR count). The summed E-state index contributed by atoms with van der Waals surface area (Å²) in [4.78, 5) is 12.3. The van der Waals surface area contributed by atoms with Crippen molar-refractivity contribution in [2.45, 2.75) is 52.4 Å². The molecule has 0 aliphatic carbocycles. The molecule has 0 unspecified atom stereocenters. The molecule has 0 atom stereocenters. The van der Waals surface area contributed by atoms with Gasteiger partial charge in [-0.2, -0.15) is 0 Å². The van der Waals surface area contributed by atoms with Gasteiger partial charge in [0.2, 0.25) is 0 Å². The summed E-state index contributed by atoms with van der Waals surface area (Å²) in [6, 6.07) is 9.50. The van der Waals surface area contributed by atoms with Crippen LogP contribution >= 0.6 is 0 Å². The van der Waals surface area contributed by atoms with Gasteiger partial charge in [-0.3, -0.25) is 4.79 Å². The highest BCUT2D eigenvalue weighted by atomic mass is 19.2. The van der Waals surface area contributed by atoms with Gasteiger partial charge in [-0.15, -0.1) is 0 Å². The van der Waals surface area contributed by atoms with E-state index in [1.807, 2.05) is 0 Å². The minimum atomic E-state index is -1.02. The van der Waals surface area contributed by atoms with Crippen LogP contribution in [-0.4, -0.2) is 5.78 Å². The van der Waals surface area contributed by atoms with Gasteiger partial charge in [0.1, 0.15) is 0 Å². The van der Waals surface area contributed by atoms with E-state index in [-0.39, 0.29) is 22.2 Å². The summed E-state index contributed by atoms with van der Waals surface area (Å²) in [5.41, 5.74) is 3.37. The highest BCUT2D eigenvalue weighted by molar-refractivity contribution is 6.06. The Bertz CT molecular complexity index is 817. The van der Waals surface area contributed by atoms with Crippen LogP contribution in [0, 0.1) is 11.6 Å². The maximum atomic E-state index is 13.3. The molecule has 0 aromatic heterocycles. The van der Waals surface area contributed by atoms with Crippen molar-refractivity contribution < 1.29 is 13.6 Å². The predicted octanol–water partition coefficient (Wildman–Crippen LogP) is 6.46. The first-order valence-corrected chi connectivity index (χ1v) is 8.71. The molecule has 0 N–H and O–H groups in total. The Labute approximate surface area is 154 Å². The van der Waals surface area contributed by atoms with Crippen LogP contribution in [0.2, 0.25) is 0 Å². The third-order valence-electron chi connectivity index (χ3n) is 4.32. The topological polar surface area (TPSA) is 17.1 Å². The van der Waals surface area contributed by atoms with E-state index in [1.165, 1.54) is 23.3 Å². The minimum Gasteiger partial charge on any atom is -0.289 e. The maximum absolute atomic E-state index is 13.3. The highest BCUT2D eigenvalue weighted by Crippen LogP contribution is 2.30. The van der Waals surface area contributed by atoms with Crippen LogP contribution in [0.25, 0.3) is 6.08 Å². The first-order valence-electron chi connectivity index (χ1n) is 8.71. The van der Waals surface area contributed by atoms with Gasteiger partial charge in [-0.25, -0.2) is 8.78 Å². The number of carbonyl (C=O) groups excluding carboxylic acids is 1. The van der Waals surface area contributed by atoms with E-state index in [4.69, 9.17) is 0 Å². The van der Waals surface area contributed by atoms with Crippen molar-refractivity contribution in [1.82, 2.24) is 0 Å². The molecule has 3 heteroatoms. The number of benzene rings is 2. The number of rotatable bonds is 3. The van der Waals surface area contributed by atoms with Crippen LogP contribution in [0.1, 0.15) is 68.6 Å². The summed E-state index contributed by atoms with van der Waals surface area (Å²) in [6.45, 7) is 12.9. The van der Waals surface area contributed by atoms with Crippen LogP contribution in [0.5, 0.6) is 0 Å². The maximum Gasteiger partial charge on any atom is 0.185 e. The number of hydrogen-bond acceptors (Lipinski definition) is 1. The second kappa shape index (κ2) is 7.14. The Morgan fingerprint density at radius 2 is 1.35 bits per heavy atom. The van der Waals surface area contributed by atoms with Crippen molar-refractivity contribution in [1.29, 1.82) is 0 Å². The molecule has 0 bridgehead atoms. The summed E-state index contributed by atoms with van der Waals surface area (Å²) in [5.74, 6) is -2.34. The second-order valence-electron chi connectivity index (χ2n) is 8.67. The lowest BCUT2D eigenvalue weighted by atomic mass is 9.79. The Kier molecular flexibility index (Phi) is 5.50. The number of hydrogen-bond donors (Lipinski definition) is 0. The Morgan fingerprint density at radius 3 is 1.81 bits per heavy atom. The molecular weight excluding hydrogens is 330 g/mol. The molecule has 0 aliphatic heterocycles. The molecule has 0 saturated heterocycles. The summed E-state index contributed by atoms with van der Waals surface area (Å²) < 4.78 is 26.3.